The van der Waals surface area contributed by atoms with Gasteiger partial charge in [0.1, 0.15) is 6.61 Å². The van der Waals surface area contributed by atoms with Crippen molar-refractivity contribution in [2.75, 3.05) is 6.61 Å². The minimum absolute atomic E-state index is 0.0839. The molecule has 1 aliphatic rings. The van der Waals surface area contributed by atoms with Crippen molar-refractivity contribution in [3.63, 3.8) is 0 Å². The number of carbonyl (C=O) groups excluding carboxylic acids is 2. The first-order valence-corrected chi connectivity index (χ1v) is 14.1. The van der Waals surface area contributed by atoms with Crippen LogP contribution in [0.25, 0.3) is 0 Å². The van der Waals surface area contributed by atoms with E-state index in [1.54, 1.807) is 6.08 Å². The Kier molecular flexibility index (Phi) is 16.7. The van der Waals surface area contributed by atoms with Crippen molar-refractivity contribution in [1.29, 1.82) is 0 Å². The van der Waals surface area contributed by atoms with Gasteiger partial charge in [-0.1, -0.05) is 116 Å². The predicted molar refractivity (Wildman–Crippen MR) is 145 cm³/mol. The third kappa shape index (κ3) is 16.1. The summed E-state index contributed by atoms with van der Waals surface area (Å²) in [5, 5.41) is 0. The molecule has 0 saturated heterocycles. The normalized spacial score (nSPS) is 20.5. The highest BCUT2D eigenvalue weighted by Crippen LogP contribution is 2.26. The van der Waals surface area contributed by atoms with Crippen molar-refractivity contribution in [1.82, 2.24) is 0 Å². The van der Waals surface area contributed by atoms with Crippen LogP contribution < -0.4 is 0 Å². The molecule has 0 N–H and O–H groups in total. The van der Waals surface area contributed by atoms with E-state index in [-0.39, 0.29) is 17.2 Å². The van der Waals surface area contributed by atoms with Crippen molar-refractivity contribution in [2.45, 2.75) is 137 Å². The van der Waals surface area contributed by atoms with E-state index in [1.807, 2.05) is 19.1 Å². The number of unbranched alkanes of at least 4 members (excludes halogenated alkanes) is 12. The molecule has 0 spiro atoms. The van der Waals surface area contributed by atoms with E-state index in [4.69, 9.17) is 4.74 Å². The second-order valence-electron chi connectivity index (χ2n) is 10.8. The summed E-state index contributed by atoms with van der Waals surface area (Å²) in [5.41, 5.74) is 1.84. The molecule has 0 atom stereocenters. The molecule has 0 aliphatic heterocycles. The van der Waals surface area contributed by atoms with Gasteiger partial charge in [-0.15, -0.1) is 0 Å². The van der Waals surface area contributed by atoms with Gasteiger partial charge in [0.25, 0.3) is 0 Å². The monoisotopic (exact) mass is 472 g/mol. The molecule has 0 unspecified atom stereocenters. The average molecular weight is 473 g/mol. The maximum atomic E-state index is 12.2. The van der Waals surface area contributed by atoms with E-state index in [2.05, 4.69) is 26.8 Å². The SMILES string of the molecule is CCCCCCCCCCCCCCCC(=O)OC/C1=C\CC(C)(C)/C=C/C(=O)/C(C)=C/CC1. The number of allylic oxidation sites excluding steroid dienone is 5. The molecular weight excluding hydrogens is 420 g/mol. The zero-order valence-electron chi connectivity index (χ0n) is 22.8. The van der Waals surface area contributed by atoms with Gasteiger partial charge in [0, 0.05) is 6.42 Å². The molecule has 34 heavy (non-hydrogen) atoms. The highest BCUT2D eigenvalue weighted by molar-refractivity contribution is 6.03. The fourth-order valence-corrected chi connectivity index (χ4v) is 4.25. The van der Waals surface area contributed by atoms with Crippen molar-refractivity contribution in [3.8, 4) is 0 Å². The Labute approximate surface area is 210 Å². The minimum Gasteiger partial charge on any atom is -0.461 e. The van der Waals surface area contributed by atoms with Gasteiger partial charge in [-0.25, -0.2) is 0 Å². The molecule has 3 heteroatoms. The highest BCUT2D eigenvalue weighted by Gasteiger charge is 2.15. The molecule has 1 rings (SSSR count). The second kappa shape index (κ2) is 18.7. The van der Waals surface area contributed by atoms with Crippen molar-refractivity contribution in [2.24, 2.45) is 5.41 Å². The predicted octanol–water partition coefficient (Wildman–Crippen LogP) is 9.22. The number of rotatable bonds is 16. The standard InChI is InChI=1S/C31H52O3/c1-5-6-7-8-9-10-11-12-13-14-15-16-17-21-30(33)34-26-28-20-18-19-27(2)29(32)23-25-31(3,4)24-22-28/h19,22-23,25H,5-18,20-21,24,26H2,1-4H3/b25-23+,27-19+,28-22-. The molecule has 1 aliphatic carbocycles. The van der Waals surface area contributed by atoms with E-state index < -0.39 is 0 Å². The lowest BCUT2D eigenvalue weighted by Crippen LogP contribution is -2.10. The van der Waals surface area contributed by atoms with Crippen LogP contribution in [-0.4, -0.2) is 18.4 Å². The summed E-state index contributed by atoms with van der Waals surface area (Å²) in [4.78, 5) is 24.4. The molecule has 3 nitrogen and oxygen atoms in total. The summed E-state index contributed by atoms with van der Waals surface area (Å²) in [5.74, 6) is 0.0000957. The van der Waals surface area contributed by atoms with Crippen LogP contribution >= 0.6 is 0 Å². The third-order valence-electron chi connectivity index (χ3n) is 6.81. The summed E-state index contributed by atoms with van der Waals surface area (Å²) in [6.07, 6.45) is 27.8. The molecule has 0 saturated carbocycles. The van der Waals surface area contributed by atoms with Crippen LogP contribution in [0.1, 0.15) is 137 Å². The Balaban J connectivity index is 2.17. The number of hydrogen-bond acceptors (Lipinski definition) is 3. The summed E-state index contributed by atoms with van der Waals surface area (Å²) in [7, 11) is 0. The molecule has 0 radical (unpaired) electrons. The highest BCUT2D eigenvalue weighted by atomic mass is 16.5. The van der Waals surface area contributed by atoms with Crippen molar-refractivity contribution >= 4 is 11.8 Å². The lowest BCUT2D eigenvalue weighted by atomic mass is 9.87. The van der Waals surface area contributed by atoms with Crippen LogP contribution in [0.2, 0.25) is 0 Å². The maximum absolute atomic E-state index is 12.2. The quantitative estimate of drug-likeness (QED) is 0.128. The fourth-order valence-electron chi connectivity index (χ4n) is 4.25. The molecule has 0 amide bonds. The number of ketones is 1. The first-order valence-electron chi connectivity index (χ1n) is 14.1. The smallest absolute Gasteiger partial charge is 0.306 e. The van der Waals surface area contributed by atoms with Gasteiger partial charge in [-0.05, 0) is 55.2 Å². The molecule has 0 aromatic heterocycles. The van der Waals surface area contributed by atoms with Crippen LogP contribution in [0.5, 0.6) is 0 Å². The zero-order chi connectivity index (χ0) is 25.1. The molecule has 0 fully saturated rings. The van der Waals surface area contributed by atoms with Crippen LogP contribution in [-0.2, 0) is 14.3 Å². The molecule has 0 heterocycles. The second-order valence-corrected chi connectivity index (χ2v) is 10.8. The third-order valence-corrected chi connectivity index (χ3v) is 6.81. The minimum atomic E-state index is -0.0931. The van der Waals surface area contributed by atoms with Crippen LogP contribution in [0.15, 0.2) is 35.5 Å². The summed E-state index contributed by atoms with van der Waals surface area (Å²) < 4.78 is 5.59. The molecule has 0 bridgehead atoms. The maximum Gasteiger partial charge on any atom is 0.306 e. The number of carbonyl (C=O) groups is 2. The van der Waals surface area contributed by atoms with Gasteiger partial charge < -0.3 is 4.74 Å². The lowest BCUT2D eigenvalue weighted by Gasteiger charge is -2.18. The van der Waals surface area contributed by atoms with E-state index in [1.165, 1.54) is 70.6 Å². The molecule has 0 aromatic rings. The topological polar surface area (TPSA) is 43.4 Å². The Morgan fingerprint density at radius 3 is 2.03 bits per heavy atom. The van der Waals surface area contributed by atoms with Crippen LogP contribution in [0.3, 0.4) is 0 Å². The first-order chi connectivity index (χ1) is 16.3. The van der Waals surface area contributed by atoms with Gasteiger partial charge in [-0.3, -0.25) is 9.59 Å². The van der Waals surface area contributed by atoms with Gasteiger partial charge in [0.2, 0.25) is 0 Å². The summed E-state index contributed by atoms with van der Waals surface area (Å²) in [6, 6.07) is 0. The Hall–Kier alpha value is -1.64. The fraction of sp³-hybridized carbons (Fsp3) is 0.742. The first kappa shape index (κ1) is 30.4. The number of ether oxygens (including phenoxy) is 1. The van der Waals surface area contributed by atoms with E-state index in [0.717, 1.165) is 43.3 Å². The zero-order valence-corrected chi connectivity index (χ0v) is 22.8. The van der Waals surface area contributed by atoms with Gasteiger partial charge in [-0.2, -0.15) is 0 Å². The Bertz CT molecular complexity index is 666. The average Bonchev–Trinajstić information content (AvgIpc) is 2.83. The van der Waals surface area contributed by atoms with E-state index >= 15 is 0 Å². The van der Waals surface area contributed by atoms with Gasteiger partial charge >= 0.3 is 5.97 Å². The lowest BCUT2D eigenvalue weighted by molar-refractivity contribution is -0.142. The van der Waals surface area contributed by atoms with E-state index in [0.29, 0.717) is 13.0 Å². The number of esters is 1. The molecule has 194 valence electrons. The largest absolute Gasteiger partial charge is 0.461 e. The summed E-state index contributed by atoms with van der Waals surface area (Å²) in [6.45, 7) is 8.77. The van der Waals surface area contributed by atoms with Crippen LogP contribution in [0, 0.1) is 5.41 Å². The van der Waals surface area contributed by atoms with Gasteiger partial charge in [0.15, 0.2) is 5.78 Å². The molecule has 0 aromatic carbocycles. The Morgan fingerprint density at radius 2 is 1.44 bits per heavy atom. The van der Waals surface area contributed by atoms with Crippen molar-refractivity contribution < 1.29 is 14.3 Å². The number of hydrogen-bond donors (Lipinski definition) is 0. The van der Waals surface area contributed by atoms with Crippen LogP contribution in [0.4, 0.5) is 0 Å². The van der Waals surface area contributed by atoms with E-state index in [9.17, 15) is 9.59 Å². The van der Waals surface area contributed by atoms with Crippen molar-refractivity contribution in [3.05, 3.63) is 35.5 Å². The van der Waals surface area contributed by atoms with Gasteiger partial charge in [0.05, 0.1) is 0 Å². The molecular formula is C31H52O3. The summed E-state index contributed by atoms with van der Waals surface area (Å²) >= 11 is 0. The Morgan fingerprint density at radius 1 is 0.882 bits per heavy atom.